The number of likely N-dealkylation sites (N-methyl/N-ethyl adjacent to an activating group) is 1. The zero-order valence-corrected chi connectivity index (χ0v) is 16.3. The molecule has 136 valence electrons. The van der Waals surface area contributed by atoms with Gasteiger partial charge < -0.3 is 4.90 Å². The summed E-state index contributed by atoms with van der Waals surface area (Å²) >= 11 is 0. The van der Waals surface area contributed by atoms with Gasteiger partial charge >= 0.3 is 0 Å². The Morgan fingerprint density at radius 2 is 1.43 bits per heavy atom. The van der Waals surface area contributed by atoms with Gasteiger partial charge in [-0.3, -0.25) is 9.80 Å². The maximum atomic E-state index is 12.2. The van der Waals surface area contributed by atoms with Gasteiger partial charge in [0, 0.05) is 64.4 Å². The van der Waals surface area contributed by atoms with Crippen molar-refractivity contribution in [2.24, 2.45) is 0 Å². The van der Waals surface area contributed by atoms with E-state index in [-0.39, 0.29) is 10.8 Å². The zero-order chi connectivity index (χ0) is 17.3. The van der Waals surface area contributed by atoms with Crippen molar-refractivity contribution in [1.29, 1.82) is 0 Å². The van der Waals surface area contributed by atoms with Crippen molar-refractivity contribution in [3.8, 4) is 0 Å². The highest BCUT2D eigenvalue weighted by Gasteiger charge is 2.34. The third-order valence-electron chi connectivity index (χ3n) is 5.26. The molecule has 23 heavy (non-hydrogen) atoms. The van der Waals surface area contributed by atoms with E-state index in [1.807, 2.05) is 0 Å². The van der Waals surface area contributed by atoms with Crippen molar-refractivity contribution >= 4 is 10.0 Å². The quantitative estimate of drug-likeness (QED) is 0.720. The lowest BCUT2D eigenvalue weighted by Gasteiger charge is -2.46. The molecule has 0 saturated carbocycles. The third-order valence-corrected chi connectivity index (χ3v) is 7.53. The van der Waals surface area contributed by atoms with E-state index in [9.17, 15) is 8.42 Å². The molecule has 0 amide bonds. The summed E-state index contributed by atoms with van der Waals surface area (Å²) < 4.78 is 26.2. The molecule has 7 heteroatoms. The van der Waals surface area contributed by atoms with Gasteiger partial charge in [0.05, 0.1) is 5.25 Å². The van der Waals surface area contributed by atoms with E-state index in [1.54, 1.807) is 18.2 Å². The molecule has 0 aromatic carbocycles. The molecule has 0 bridgehead atoms. The first-order valence-corrected chi connectivity index (χ1v) is 10.3. The van der Waals surface area contributed by atoms with Gasteiger partial charge in [-0.25, -0.2) is 8.42 Å². The number of rotatable bonds is 5. The zero-order valence-electron chi connectivity index (χ0n) is 15.5. The lowest BCUT2D eigenvalue weighted by molar-refractivity contribution is 0.0283. The summed E-state index contributed by atoms with van der Waals surface area (Å²) in [7, 11) is -0.924. The van der Waals surface area contributed by atoms with Crippen LogP contribution in [0.15, 0.2) is 0 Å². The Kier molecular flexibility index (Phi) is 6.11. The summed E-state index contributed by atoms with van der Waals surface area (Å²) in [5, 5.41) is -0.323. The van der Waals surface area contributed by atoms with Crippen molar-refractivity contribution in [1.82, 2.24) is 19.0 Å². The van der Waals surface area contributed by atoms with Crippen LogP contribution in [0, 0.1) is 0 Å². The Balaban J connectivity index is 1.86. The first kappa shape index (κ1) is 19.1. The smallest absolute Gasteiger partial charge is 0.216 e. The number of hydrogen-bond acceptors (Lipinski definition) is 5. The van der Waals surface area contributed by atoms with Crippen LogP contribution >= 0.6 is 0 Å². The second kappa shape index (κ2) is 7.35. The molecular formula is C16H34N4O2S. The van der Waals surface area contributed by atoms with Gasteiger partial charge in [0.2, 0.25) is 10.0 Å². The van der Waals surface area contributed by atoms with Crippen LogP contribution in [0.25, 0.3) is 0 Å². The van der Waals surface area contributed by atoms with E-state index in [2.05, 4.69) is 35.6 Å². The molecule has 0 atom stereocenters. The minimum absolute atomic E-state index is 0.139. The molecule has 0 aliphatic carbocycles. The summed E-state index contributed by atoms with van der Waals surface area (Å²) in [5.74, 6) is 0. The Bertz CT molecular complexity index is 476. The van der Waals surface area contributed by atoms with Crippen LogP contribution < -0.4 is 0 Å². The molecule has 2 saturated heterocycles. The normalized spacial score (nSPS) is 24.4. The van der Waals surface area contributed by atoms with Crippen molar-refractivity contribution in [3.63, 3.8) is 0 Å². The van der Waals surface area contributed by atoms with E-state index in [1.165, 1.54) is 0 Å². The van der Waals surface area contributed by atoms with Gasteiger partial charge in [-0.15, -0.1) is 0 Å². The highest BCUT2D eigenvalue weighted by Crippen LogP contribution is 2.20. The molecule has 0 unspecified atom stereocenters. The Hall–Kier alpha value is -0.210. The predicted molar refractivity (Wildman–Crippen MR) is 95.2 cm³/mol. The third kappa shape index (κ3) is 4.66. The van der Waals surface area contributed by atoms with Gasteiger partial charge in [-0.1, -0.05) is 0 Å². The standard InChI is InChI=1S/C16H34N4O2S/c1-15(2)23(21,22)20-12-8-18(9-13-20)14-16(3,4)19-10-6-17(5)7-11-19/h15H,6-14H2,1-5H3. The summed E-state index contributed by atoms with van der Waals surface area (Å²) in [6.07, 6.45) is 0. The molecular weight excluding hydrogens is 312 g/mol. The van der Waals surface area contributed by atoms with E-state index < -0.39 is 10.0 Å². The van der Waals surface area contributed by atoms with Crippen LogP contribution in [-0.4, -0.2) is 104 Å². The molecule has 6 nitrogen and oxygen atoms in total. The summed E-state index contributed by atoms with van der Waals surface area (Å²) in [6.45, 7) is 16.6. The summed E-state index contributed by atoms with van der Waals surface area (Å²) in [4.78, 5) is 7.37. The molecule has 0 aromatic rings. The second-order valence-corrected chi connectivity index (χ2v) is 10.4. The highest BCUT2D eigenvalue weighted by molar-refractivity contribution is 7.89. The van der Waals surface area contributed by atoms with Crippen molar-refractivity contribution in [3.05, 3.63) is 0 Å². The Morgan fingerprint density at radius 1 is 0.913 bits per heavy atom. The Labute approximate surface area is 142 Å². The SMILES string of the molecule is CC(C)S(=O)(=O)N1CCN(CC(C)(C)N2CCN(C)CC2)CC1. The number of piperazine rings is 2. The maximum absolute atomic E-state index is 12.2. The predicted octanol–water partition coefficient (Wildman–Crippen LogP) is 0.368. The summed E-state index contributed by atoms with van der Waals surface area (Å²) in [5.41, 5.74) is 0.139. The molecule has 2 aliphatic heterocycles. The van der Waals surface area contributed by atoms with Gasteiger partial charge in [-0.05, 0) is 34.7 Å². The van der Waals surface area contributed by atoms with Gasteiger partial charge in [0.1, 0.15) is 0 Å². The van der Waals surface area contributed by atoms with Crippen molar-refractivity contribution in [2.45, 2.75) is 38.5 Å². The van der Waals surface area contributed by atoms with Crippen LogP contribution in [0.1, 0.15) is 27.7 Å². The molecule has 2 aliphatic rings. The van der Waals surface area contributed by atoms with Crippen LogP contribution in [0.3, 0.4) is 0 Å². The largest absolute Gasteiger partial charge is 0.304 e. The highest BCUT2D eigenvalue weighted by atomic mass is 32.2. The summed E-state index contributed by atoms with van der Waals surface area (Å²) in [6, 6.07) is 0. The molecule has 0 spiro atoms. The minimum atomic E-state index is -3.10. The van der Waals surface area contributed by atoms with Crippen LogP contribution in [-0.2, 0) is 10.0 Å². The van der Waals surface area contributed by atoms with E-state index in [4.69, 9.17) is 0 Å². The maximum Gasteiger partial charge on any atom is 0.216 e. The van der Waals surface area contributed by atoms with Crippen molar-refractivity contribution < 1.29 is 8.42 Å². The van der Waals surface area contributed by atoms with Crippen LogP contribution in [0.2, 0.25) is 0 Å². The van der Waals surface area contributed by atoms with Crippen LogP contribution in [0.4, 0.5) is 0 Å². The number of hydrogen-bond donors (Lipinski definition) is 0. The number of sulfonamides is 1. The van der Waals surface area contributed by atoms with Gasteiger partial charge in [0.15, 0.2) is 0 Å². The van der Waals surface area contributed by atoms with E-state index in [0.717, 1.165) is 45.8 Å². The second-order valence-electron chi connectivity index (χ2n) is 7.87. The minimum Gasteiger partial charge on any atom is -0.304 e. The number of nitrogens with zero attached hydrogens (tertiary/aromatic N) is 4. The van der Waals surface area contributed by atoms with Crippen LogP contribution in [0.5, 0.6) is 0 Å². The first-order chi connectivity index (χ1) is 10.6. The molecule has 0 aromatic heterocycles. The lowest BCUT2D eigenvalue weighted by Crippen LogP contribution is -2.60. The van der Waals surface area contributed by atoms with E-state index >= 15 is 0 Å². The van der Waals surface area contributed by atoms with Crippen molar-refractivity contribution in [2.75, 3.05) is 66.0 Å². The molecule has 2 heterocycles. The first-order valence-electron chi connectivity index (χ1n) is 8.78. The average molecular weight is 347 g/mol. The Morgan fingerprint density at radius 3 is 1.91 bits per heavy atom. The van der Waals surface area contributed by atoms with E-state index in [0.29, 0.717) is 13.1 Å². The topological polar surface area (TPSA) is 47.1 Å². The molecule has 0 radical (unpaired) electrons. The fraction of sp³-hybridized carbons (Fsp3) is 1.00. The fourth-order valence-corrected chi connectivity index (χ4v) is 4.77. The fourth-order valence-electron chi connectivity index (χ4n) is 3.50. The average Bonchev–Trinajstić information content (AvgIpc) is 2.47. The molecule has 2 rings (SSSR count). The molecule has 0 N–H and O–H groups in total. The molecule has 2 fully saturated rings. The van der Waals surface area contributed by atoms with Gasteiger partial charge in [0.25, 0.3) is 0 Å². The lowest BCUT2D eigenvalue weighted by atomic mass is 10.00. The monoisotopic (exact) mass is 346 g/mol. The van der Waals surface area contributed by atoms with Gasteiger partial charge in [-0.2, -0.15) is 4.31 Å².